The maximum Gasteiger partial charge on any atom is 0.234 e. The van der Waals surface area contributed by atoms with Crippen molar-refractivity contribution in [2.75, 3.05) is 51.3 Å². The van der Waals surface area contributed by atoms with Crippen molar-refractivity contribution in [1.82, 2.24) is 10.2 Å². The van der Waals surface area contributed by atoms with Gasteiger partial charge in [-0.15, -0.1) is 0 Å². The molecule has 1 N–H and O–H groups in total. The molecule has 1 aliphatic rings. The Morgan fingerprint density at radius 1 is 1.11 bits per heavy atom. The second-order valence-corrected chi connectivity index (χ2v) is 7.09. The van der Waals surface area contributed by atoms with Crippen molar-refractivity contribution in [3.05, 3.63) is 59.1 Å². The Morgan fingerprint density at radius 3 is 2.63 bits per heavy atom. The summed E-state index contributed by atoms with van der Waals surface area (Å²) in [4.78, 5) is 16.7. The Bertz CT molecular complexity index is 761. The van der Waals surface area contributed by atoms with Crippen LogP contribution in [0, 0.1) is 0 Å². The minimum absolute atomic E-state index is 0.0705. The lowest BCUT2D eigenvalue weighted by Crippen LogP contribution is -2.49. The molecule has 0 aromatic heterocycles. The third kappa shape index (κ3) is 5.62. The van der Waals surface area contributed by atoms with Gasteiger partial charge in [-0.25, -0.2) is 0 Å². The molecule has 0 saturated carbocycles. The minimum Gasteiger partial charge on any atom is -0.496 e. The van der Waals surface area contributed by atoms with Gasteiger partial charge in [0.05, 0.1) is 13.7 Å². The molecule has 27 heavy (non-hydrogen) atoms. The molecule has 2 aromatic carbocycles. The Kier molecular flexibility index (Phi) is 6.96. The highest BCUT2D eigenvalue weighted by molar-refractivity contribution is 6.30. The Hall–Kier alpha value is -2.24. The highest BCUT2D eigenvalue weighted by Crippen LogP contribution is 2.20. The first-order valence-electron chi connectivity index (χ1n) is 9.27. The van der Waals surface area contributed by atoms with Crippen LogP contribution in [0.25, 0.3) is 0 Å². The number of rotatable bonds is 7. The average molecular weight is 388 g/mol. The van der Waals surface area contributed by atoms with Gasteiger partial charge in [0.25, 0.3) is 0 Å². The van der Waals surface area contributed by atoms with Crippen LogP contribution in [0.3, 0.4) is 0 Å². The van der Waals surface area contributed by atoms with E-state index in [1.165, 1.54) is 0 Å². The number of nitrogens with one attached hydrogen (secondary N) is 1. The molecule has 5 nitrogen and oxygen atoms in total. The molecule has 144 valence electrons. The molecule has 1 heterocycles. The Labute approximate surface area is 165 Å². The van der Waals surface area contributed by atoms with Crippen molar-refractivity contribution in [1.29, 1.82) is 0 Å². The minimum atomic E-state index is 0.0705. The number of halogens is 1. The summed E-state index contributed by atoms with van der Waals surface area (Å²) in [7, 11) is 1.67. The van der Waals surface area contributed by atoms with Crippen LogP contribution >= 0.6 is 11.6 Å². The van der Waals surface area contributed by atoms with Crippen LogP contribution in [-0.4, -0.2) is 57.2 Å². The van der Waals surface area contributed by atoms with Crippen LogP contribution in [-0.2, 0) is 11.2 Å². The predicted octanol–water partition coefficient (Wildman–Crippen LogP) is 2.83. The van der Waals surface area contributed by atoms with E-state index >= 15 is 0 Å². The first kappa shape index (κ1) is 19.5. The van der Waals surface area contributed by atoms with E-state index in [0.717, 1.165) is 54.6 Å². The lowest BCUT2D eigenvalue weighted by atomic mass is 10.1. The summed E-state index contributed by atoms with van der Waals surface area (Å²) >= 11 is 6.08. The topological polar surface area (TPSA) is 44.8 Å². The highest BCUT2D eigenvalue weighted by atomic mass is 35.5. The lowest BCUT2D eigenvalue weighted by Gasteiger charge is -2.35. The number of amides is 1. The number of methoxy groups -OCH3 is 1. The standard InChI is InChI=1S/C21H26ClN3O2/c1-27-20-8-3-2-5-17(20)9-10-23-21(26)16-24-11-13-25(14-12-24)19-7-4-6-18(22)15-19/h2-8,15H,9-14,16H2,1H3,(H,23,26). The molecule has 0 unspecified atom stereocenters. The van der Waals surface area contributed by atoms with Crippen molar-refractivity contribution < 1.29 is 9.53 Å². The number of piperazine rings is 1. The molecule has 0 atom stereocenters. The van der Waals surface area contributed by atoms with Gasteiger partial charge in [-0.1, -0.05) is 35.9 Å². The van der Waals surface area contributed by atoms with Crippen LogP contribution in [0.5, 0.6) is 5.75 Å². The summed E-state index contributed by atoms with van der Waals surface area (Å²) in [5.41, 5.74) is 2.25. The van der Waals surface area contributed by atoms with E-state index in [4.69, 9.17) is 16.3 Å². The van der Waals surface area contributed by atoms with Gasteiger partial charge in [0.2, 0.25) is 5.91 Å². The molecule has 0 aliphatic carbocycles. The summed E-state index contributed by atoms with van der Waals surface area (Å²) in [6.45, 7) is 4.58. The zero-order chi connectivity index (χ0) is 19.1. The first-order valence-corrected chi connectivity index (χ1v) is 9.65. The normalized spacial score (nSPS) is 14.8. The van der Waals surface area contributed by atoms with Gasteiger partial charge in [0.15, 0.2) is 0 Å². The SMILES string of the molecule is COc1ccccc1CCNC(=O)CN1CCN(c2cccc(Cl)c2)CC1. The van der Waals surface area contributed by atoms with Gasteiger partial charge >= 0.3 is 0 Å². The van der Waals surface area contributed by atoms with Crippen LogP contribution in [0.15, 0.2) is 48.5 Å². The molecule has 6 heteroatoms. The zero-order valence-electron chi connectivity index (χ0n) is 15.7. The molecule has 3 rings (SSSR count). The van der Waals surface area contributed by atoms with E-state index in [9.17, 15) is 4.79 Å². The fourth-order valence-corrected chi connectivity index (χ4v) is 3.53. The number of para-hydroxylation sites is 1. The van der Waals surface area contributed by atoms with Gasteiger partial charge in [-0.3, -0.25) is 9.69 Å². The predicted molar refractivity (Wildman–Crippen MR) is 110 cm³/mol. The molecule has 2 aromatic rings. The van der Waals surface area contributed by atoms with Crippen molar-refractivity contribution in [2.24, 2.45) is 0 Å². The van der Waals surface area contributed by atoms with E-state index in [-0.39, 0.29) is 5.91 Å². The summed E-state index contributed by atoms with van der Waals surface area (Å²) in [5.74, 6) is 0.935. The number of nitrogens with zero attached hydrogens (tertiary/aromatic N) is 2. The second-order valence-electron chi connectivity index (χ2n) is 6.65. The van der Waals surface area contributed by atoms with E-state index in [0.29, 0.717) is 13.1 Å². The second kappa shape index (κ2) is 9.62. The molecule has 0 radical (unpaired) electrons. The quantitative estimate of drug-likeness (QED) is 0.793. The third-order valence-electron chi connectivity index (χ3n) is 4.82. The summed E-state index contributed by atoms with van der Waals surface area (Å²) in [6.07, 6.45) is 0.762. The lowest BCUT2D eigenvalue weighted by molar-refractivity contribution is -0.122. The number of carbonyl (C=O) groups is 1. The fourth-order valence-electron chi connectivity index (χ4n) is 3.34. The number of anilines is 1. The largest absolute Gasteiger partial charge is 0.496 e. The maximum atomic E-state index is 12.2. The van der Waals surface area contributed by atoms with Crippen LogP contribution in [0.1, 0.15) is 5.56 Å². The number of ether oxygens (including phenoxy) is 1. The van der Waals surface area contributed by atoms with E-state index < -0.39 is 0 Å². The average Bonchev–Trinajstić information content (AvgIpc) is 2.69. The van der Waals surface area contributed by atoms with Gasteiger partial charge in [-0.05, 0) is 36.2 Å². The molecule has 1 saturated heterocycles. The van der Waals surface area contributed by atoms with Gasteiger partial charge < -0.3 is 15.0 Å². The van der Waals surface area contributed by atoms with E-state index in [1.54, 1.807) is 7.11 Å². The number of carbonyl (C=O) groups excluding carboxylic acids is 1. The number of hydrogen-bond acceptors (Lipinski definition) is 4. The van der Waals surface area contributed by atoms with Crippen molar-refractivity contribution in [2.45, 2.75) is 6.42 Å². The third-order valence-corrected chi connectivity index (χ3v) is 5.06. The van der Waals surface area contributed by atoms with Crippen molar-refractivity contribution in [3.63, 3.8) is 0 Å². The molecule has 0 spiro atoms. The van der Waals surface area contributed by atoms with Crippen LogP contribution in [0.4, 0.5) is 5.69 Å². The molecule has 1 fully saturated rings. The summed E-state index contributed by atoms with van der Waals surface area (Å²) in [6, 6.07) is 15.8. The molecular formula is C21H26ClN3O2. The maximum absolute atomic E-state index is 12.2. The Morgan fingerprint density at radius 2 is 1.89 bits per heavy atom. The summed E-state index contributed by atoms with van der Waals surface area (Å²) in [5, 5.41) is 3.77. The Balaban J connectivity index is 1.39. The highest BCUT2D eigenvalue weighted by Gasteiger charge is 2.19. The molecule has 1 aliphatic heterocycles. The number of hydrogen-bond donors (Lipinski definition) is 1. The fraction of sp³-hybridized carbons (Fsp3) is 0.381. The van der Waals surface area contributed by atoms with Crippen molar-refractivity contribution >= 4 is 23.2 Å². The molecular weight excluding hydrogens is 362 g/mol. The van der Waals surface area contributed by atoms with E-state index in [2.05, 4.69) is 21.2 Å². The molecule has 1 amide bonds. The van der Waals surface area contributed by atoms with Crippen LogP contribution < -0.4 is 15.0 Å². The molecule has 0 bridgehead atoms. The van der Waals surface area contributed by atoms with Gasteiger partial charge in [-0.2, -0.15) is 0 Å². The smallest absolute Gasteiger partial charge is 0.234 e. The summed E-state index contributed by atoms with van der Waals surface area (Å²) < 4.78 is 5.34. The van der Waals surface area contributed by atoms with Gasteiger partial charge in [0.1, 0.15) is 5.75 Å². The monoisotopic (exact) mass is 387 g/mol. The van der Waals surface area contributed by atoms with E-state index in [1.807, 2.05) is 42.5 Å². The first-order chi connectivity index (χ1) is 13.2. The van der Waals surface area contributed by atoms with Crippen molar-refractivity contribution in [3.8, 4) is 5.75 Å². The van der Waals surface area contributed by atoms with Gasteiger partial charge in [0, 0.05) is 43.4 Å². The van der Waals surface area contributed by atoms with Crippen LogP contribution in [0.2, 0.25) is 5.02 Å². The zero-order valence-corrected chi connectivity index (χ0v) is 16.4. The number of benzene rings is 2.